The molecule has 0 aliphatic carbocycles. The SMILES string of the molecule is c1ccc(-n2c3ccccc3c3cc(-c4ccc5c(c4)c4cc(-c6ccc7c(c6)c6ccccc6n7-c6ccccc6)ccc4n5-c4ccc5[se]c6ccccc6c5c4)ccc32)cc1. The van der Waals surface area contributed by atoms with Crippen molar-refractivity contribution in [1.29, 1.82) is 0 Å². The van der Waals surface area contributed by atoms with E-state index < -0.39 is 0 Å². The van der Waals surface area contributed by atoms with Crippen LogP contribution in [-0.2, 0) is 0 Å². The number of nitrogens with zero attached hydrogens (tertiary/aromatic N) is 3. The van der Waals surface area contributed by atoms with E-state index in [1.807, 2.05) is 0 Å². The normalized spacial score (nSPS) is 12.1. The van der Waals surface area contributed by atoms with Crippen LogP contribution in [-0.4, -0.2) is 28.2 Å². The van der Waals surface area contributed by atoms with Gasteiger partial charge in [-0.3, -0.25) is 0 Å². The monoisotopic (exact) mass is 879 g/mol. The van der Waals surface area contributed by atoms with Crippen molar-refractivity contribution in [3.05, 3.63) is 224 Å². The molecule has 0 bridgehead atoms. The molecule has 0 spiro atoms. The second-order valence-electron chi connectivity index (χ2n) is 16.9. The Balaban J connectivity index is 0.984. The van der Waals surface area contributed by atoms with E-state index in [0.717, 1.165) is 0 Å². The standard InChI is InChI=1S/C60H37N3Se/c1-3-13-42(14-4-1)61-53-20-10-7-17-45(53)48-33-38(23-28-55(48)61)40-25-30-57-50(35-40)51-36-41(26-31-58(51)63(57)44-27-32-60-52(37-44)47-19-9-12-22-59(47)64-60)39-24-29-56-49(34-39)46-18-8-11-21-54(46)62(56)43-15-5-2-6-16-43/h1-37H. The Labute approximate surface area is 374 Å². The minimum atomic E-state index is 0.318. The molecule has 10 aromatic carbocycles. The number of para-hydroxylation sites is 4. The zero-order valence-electron chi connectivity index (χ0n) is 34.6. The Morgan fingerprint density at radius 1 is 0.219 bits per heavy atom. The van der Waals surface area contributed by atoms with Gasteiger partial charge in [0.2, 0.25) is 0 Å². The Morgan fingerprint density at radius 2 is 0.578 bits per heavy atom. The topological polar surface area (TPSA) is 14.8 Å². The number of benzene rings is 10. The van der Waals surface area contributed by atoms with E-state index in [9.17, 15) is 0 Å². The molecule has 0 fully saturated rings. The van der Waals surface area contributed by atoms with Gasteiger partial charge in [0.1, 0.15) is 0 Å². The summed E-state index contributed by atoms with van der Waals surface area (Å²) in [5, 5.41) is 10.3. The molecule has 4 heteroatoms. The first-order valence-electron chi connectivity index (χ1n) is 21.9. The van der Waals surface area contributed by atoms with Crippen LogP contribution < -0.4 is 0 Å². The fourth-order valence-corrected chi connectivity index (χ4v) is 12.8. The Hall–Kier alpha value is -7.88. The first-order chi connectivity index (χ1) is 31.7. The second-order valence-corrected chi connectivity index (χ2v) is 19.2. The predicted molar refractivity (Wildman–Crippen MR) is 272 cm³/mol. The summed E-state index contributed by atoms with van der Waals surface area (Å²) in [4.78, 5) is 0. The summed E-state index contributed by atoms with van der Waals surface area (Å²) in [5.41, 5.74) is 15.6. The molecule has 0 aliphatic heterocycles. The Kier molecular flexibility index (Phi) is 7.70. The quantitative estimate of drug-likeness (QED) is 0.153. The molecule has 298 valence electrons. The minimum absolute atomic E-state index is 0.318. The minimum Gasteiger partial charge on any atom is -0.0602 e. The third-order valence-electron chi connectivity index (χ3n) is 13.4. The summed E-state index contributed by atoms with van der Waals surface area (Å²) in [6, 6.07) is 83.2. The van der Waals surface area contributed by atoms with Gasteiger partial charge in [0.25, 0.3) is 0 Å². The molecule has 0 saturated heterocycles. The molecule has 4 aromatic heterocycles. The van der Waals surface area contributed by atoms with Crippen LogP contribution in [0.4, 0.5) is 0 Å². The van der Waals surface area contributed by atoms with Crippen LogP contribution >= 0.6 is 0 Å². The van der Waals surface area contributed by atoms with Crippen molar-refractivity contribution < 1.29 is 0 Å². The summed E-state index contributed by atoms with van der Waals surface area (Å²) < 4.78 is 10.2. The summed E-state index contributed by atoms with van der Waals surface area (Å²) in [6.07, 6.45) is 0. The van der Waals surface area contributed by atoms with Crippen molar-refractivity contribution in [2.24, 2.45) is 0 Å². The van der Waals surface area contributed by atoms with E-state index >= 15 is 0 Å². The van der Waals surface area contributed by atoms with Crippen LogP contribution in [0.3, 0.4) is 0 Å². The fraction of sp³-hybridized carbons (Fsp3) is 0. The molecule has 14 rings (SSSR count). The van der Waals surface area contributed by atoms with Crippen LogP contribution in [0.1, 0.15) is 0 Å². The van der Waals surface area contributed by atoms with Crippen LogP contribution in [0, 0.1) is 0 Å². The molecule has 0 saturated carbocycles. The van der Waals surface area contributed by atoms with Gasteiger partial charge in [0.05, 0.1) is 22.1 Å². The molecule has 0 aliphatic rings. The molecule has 4 heterocycles. The number of rotatable bonds is 5. The van der Waals surface area contributed by atoms with Gasteiger partial charge in [-0.1, -0.05) is 72.8 Å². The molecular weight excluding hydrogens is 842 g/mol. The van der Waals surface area contributed by atoms with Crippen molar-refractivity contribution in [3.63, 3.8) is 0 Å². The fourth-order valence-electron chi connectivity index (χ4n) is 10.5. The summed E-state index contributed by atoms with van der Waals surface area (Å²) >= 11 is 0.318. The van der Waals surface area contributed by atoms with Gasteiger partial charge in [-0.05, 0) is 36.4 Å². The molecular formula is C60H37N3Se. The summed E-state index contributed by atoms with van der Waals surface area (Å²) in [7, 11) is 0. The van der Waals surface area contributed by atoms with Crippen molar-refractivity contribution in [2.75, 3.05) is 0 Å². The first kappa shape index (κ1) is 35.7. The average Bonchev–Trinajstić information content (AvgIpc) is 4.10. The van der Waals surface area contributed by atoms with Crippen molar-refractivity contribution >= 4 is 99.2 Å². The molecule has 0 unspecified atom stereocenters. The summed E-state index contributed by atoms with van der Waals surface area (Å²) in [6.45, 7) is 0. The Bertz CT molecular complexity index is 3970. The van der Waals surface area contributed by atoms with E-state index in [2.05, 4.69) is 238 Å². The van der Waals surface area contributed by atoms with Crippen molar-refractivity contribution in [2.45, 2.75) is 0 Å². The zero-order valence-corrected chi connectivity index (χ0v) is 36.3. The van der Waals surface area contributed by atoms with Crippen LogP contribution in [0.2, 0.25) is 0 Å². The maximum atomic E-state index is 2.49. The van der Waals surface area contributed by atoms with Crippen molar-refractivity contribution in [3.8, 4) is 39.3 Å². The summed E-state index contributed by atoms with van der Waals surface area (Å²) in [5.74, 6) is 0. The molecule has 14 aromatic rings. The smallest absolute Gasteiger partial charge is 0.0602 e. The van der Waals surface area contributed by atoms with Gasteiger partial charge in [0.15, 0.2) is 0 Å². The third-order valence-corrected chi connectivity index (χ3v) is 15.8. The van der Waals surface area contributed by atoms with Gasteiger partial charge >= 0.3 is 214 Å². The van der Waals surface area contributed by atoms with E-state index in [-0.39, 0.29) is 0 Å². The van der Waals surface area contributed by atoms with Gasteiger partial charge in [0, 0.05) is 22.1 Å². The van der Waals surface area contributed by atoms with E-state index in [1.165, 1.54) is 124 Å². The number of aromatic nitrogens is 3. The second kappa shape index (κ2) is 13.8. The number of fused-ring (bicyclic) bond motifs is 12. The molecule has 0 amide bonds. The molecule has 64 heavy (non-hydrogen) atoms. The van der Waals surface area contributed by atoms with Gasteiger partial charge in [-0.15, -0.1) is 0 Å². The average molecular weight is 879 g/mol. The van der Waals surface area contributed by atoms with Crippen molar-refractivity contribution in [1.82, 2.24) is 13.7 Å². The zero-order chi connectivity index (χ0) is 41.9. The molecule has 0 radical (unpaired) electrons. The Morgan fingerprint density at radius 3 is 1.06 bits per heavy atom. The van der Waals surface area contributed by atoms with Crippen LogP contribution in [0.5, 0.6) is 0 Å². The molecule has 3 nitrogen and oxygen atoms in total. The van der Waals surface area contributed by atoms with Crippen LogP contribution in [0.15, 0.2) is 224 Å². The molecule has 0 N–H and O–H groups in total. The first-order valence-corrected chi connectivity index (χ1v) is 23.6. The number of hydrogen-bond donors (Lipinski definition) is 0. The molecule has 0 atom stereocenters. The van der Waals surface area contributed by atoms with Gasteiger partial charge in [-0.25, -0.2) is 0 Å². The predicted octanol–water partition coefficient (Wildman–Crippen LogP) is 15.7. The van der Waals surface area contributed by atoms with E-state index in [1.54, 1.807) is 0 Å². The maximum absolute atomic E-state index is 2.49. The van der Waals surface area contributed by atoms with Crippen LogP contribution in [0.25, 0.3) is 124 Å². The van der Waals surface area contributed by atoms with Gasteiger partial charge < -0.3 is 9.13 Å². The van der Waals surface area contributed by atoms with E-state index in [4.69, 9.17) is 0 Å². The third kappa shape index (κ3) is 5.28. The number of hydrogen-bond acceptors (Lipinski definition) is 0. The van der Waals surface area contributed by atoms with E-state index in [0.29, 0.717) is 14.5 Å². The van der Waals surface area contributed by atoms with Gasteiger partial charge in [-0.2, -0.15) is 0 Å².